The third-order valence-corrected chi connectivity index (χ3v) is 4.98. The average Bonchev–Trinajstić information content (AvgIpc) is 2.78. The highest BCUT2D eigenvalue weighted by Crippen LogP contribution is 2.17. The van der Waals surface area contributed by atoms with E-state index in [1.165, 1.54) is 26.9 Å². The van der Waals surface area contributed by atoms with Crippen molar-refractivity contribution in [2.45, 2.75) is 4.34 Å². The molecule has 16 heavy (non-hydrogen) atoms. The Morgan fingerprint density at radius 3 is 3.00 bits per heavy atom. The van der Waals surface area contributed by atoms with E-state index in [2.05, 4.69) is 15.0 Å². The van der Waals surface area contributed by atoms with Crippen LogP contribution in [0.3, 0.4) is 0 Å². The molecule has 0 aromatic carbocycles. The van der Waals surface area contributed by atoms with E-state index in [-0.39, 0.29) is 5.91 Å². The van der Waals surface area contributed by atoms with E-state index in [9.17, 15) is 4.79 Å². The molecule has 4 nitrogen and oxygen atoms in total. The third kappa shape index (κ3) is 2.75. The van der Waals surface area contributed by atoms with Crippen LogP contribution >= 0.6 is 32.4 Å². The van der Waals surface area contributed by atoms with Gasteiger partial charge in [0.2, 0.25) is 4.80 Å². The first-order chi connectivity index (χ1) is 7.79. The van der Waals surface area contributed by atoms with Crippen molar-refractivity contribution in [2.75, 3.05) is 6.26 Å². The second-order valence-electron chi connectivity index (χ2n) is 2.69. The van der Waals surface area contributed by atoms with Gasteiger partial charge in [0.15, 0.2) is 4.34 Å². The summed E-state index contributed by atoms with van der Waals surface area (Å²) in [5.74, 6) is -0.303. The quantitative estimate of drug-likeness (QED) is 0.618. The number of amides is 1. The van der Waals surface area contributed by atoms with Crippen molar-refractivity contribution in [1.29, 1.82) is 0 Å². The first-order valence-electron chi connectivity index (χ1n) is 4.30. The zero-order valence-electron chi connectivity index (χ0n) is 8.28. The molecule has 2 heterocycles. The minimum atomic E-state index is -0.303. The van der Waals surface area contributed by atoms with Gasteiger partial charge in [-0.2, -0.15) is 9.98 Å². The number of nitrogens with zero attached hydrogens (tertiary/aromatic N) is 3. The van der Waals surface area contributed by atoms with E-state index in [1.54, 1.807) is 30.1 Å². The third-order valence-electron chi connectivity index (χ3n) is 1.65. The Kier molecular flexibility index (Phi) is 3.81. The fourth-order valence-corrected chi connectivity index (χ4v) is 3.73. The number of carbonyl (C=O) groups is 1. The maximum atomic E-state index is 11.7. The molecule has 0 aliphatic carbocycles. The number of pyridine rings is 1. The van der Waals surface area contributed by atoms with E-state index in [0.717, 1.165) is 4.34 Å². The monoisotopic (exact) mass is 269 g/mol. The summed E-state index contributed by atoms with van der Waals surface area (Å²) in [5, 5.41) is 0. The molecule has 1 amide bonds. The van der Waals surface area contributed by atoms with Crippen LogP contribution in [-0.4, -0.2) is 22.1 Å². The van der Waals surface area contributed by atoms with Gasteiger partial charge in [0.05, 0.1) is 5.56 Å². The smallest absolute Gasteiger partial charge is 0.267 e. The molecule has 0 radical (unpaired) electrons. The second-order valence-corrected chi connectivity index (χ2v) is 5.83. The lowest BCUT2D eigenvalue weighted by atomic mass is 10.3. The lowest BCUT2D eigenvalue weighted by molar-refractivity contribution is 0.0998. The standard InChI is InChI=1S/C9H7N3OS3/c1-14-9-12-8(15-16-9)11-7(13)6-3-2-4-10-5-6/h2-5H,1H3. The Bertz CT molecular complexity index is 546. The van der Waals surface area contributed by atoms with Crippen LogP contribution in [0.5, 0.6) is 0 Å². The largest absolute Gasteiger partial charge is 0.281 e. The van der Waals surface area contributed by atoms with Crippen molar-refractivity contribution in [3.63, 3.8) is 0 Å². The highest BCUT2D eigenvalue weighted by atomic mass is 32.9. The molecule has 2 aromatic rings. The lowest BCUT2D eigenvalue weighted by Crippen LogP contribution is -2.05. The van der Waals surface area contributed by atoms with E-state index in [4.69, 9.17) is 0 Å². The molecule has 0 aliphatic rings. The van der Waals surface area contributed by atoms with Gasteiger partial charge in [-0.15, -0.1) is 0 Å². The summed E-state index contributed by atoms with van der Waals surface area (Å²) in [6, 6.07) is 3.39. The molecule has 0 aliphatic heterocycles. The van der Waals surface area contributed by atoms with Gasteiger partial charge >= 0.3 is 0 Å². The van der Waals surface area contributed by atoms with Crippen molar-refractivity contribution < 1.29 is 4.79 Å². The van der Waals surface area contributed by atoms with Crippen LogP contribution < -0.4 is 4.80 Å². The number of hydrogen-bond donors (Lipinski definition) is 0. The Morgan fingerprint density at radius 2 is 2.38 bits per heavy atom. The zero-order valence-corrected chi connectivity index (χ0v) is 10.7. The summed E-state index contributed by atoms with van der Waals surface area (Å²) in [6.45, 7) is 0. The lowest BCUT2D eigenvalue weighted by Gasteiger charge is -1.90. The Morgan fingerprint density at radius 1 is 1.50 bits per heavy atom. The SMILES string of the molecule is CSc1nc(=NC(=O)c2cccnc2)ss1. The Balaban J connectivity index is 2.28. The highest BCUT2D eigenvalue weighted by Gasteiger charge is 2.04. The summed E-state index contributed by atoms with van der Waals surface area (Å²) in [6.07, 6.45) is 5.06. The van der Waals surface area contributed by atoms with Crippen molar-refractivity contribution >= 4 is 38.3 Å². The molecule has 0 saturated carbocycles. The minimum Gasteiger partial charge on any atom is -0.267 e. The zero-order chi connectivity index (χ0) is 11.4. The van der Waals surface area contributed by atoms with E-state index in [1.807, 2.05) is 6.26 Å². The predicted octanol–water partition coefficient (Wildman–Crippen LogP) is 2.06. The number of carbonyl (C=O) groups excluding carboxylic acids is 1. The average molecular weight is 269 g/mol. The Hall–Kier alpha value is -1.05. The van der Waals surface area contributed by atoms with Gasteiger partial charge < -0.3 is 0 Å². The molecule has 2 aromatic heterocycles. The van der Waals surface area contributed by atoms with Crippen LogP contribution in [0.15, 0.2) is 33.9 Å². The molecule has 7 heteroatoms. The fourth-order valence-electron chi connectivity index (χ4n) is 0.952. The van der Waals surface area contributed by atoms with Gasteiger partial charge in [-0.25, -0.2) is 0 Å². The van der Waals surface area contributed by atoms with Crippen LogP contribution in [-0.2, 0) is 0 Å². The van der Waals surface area contributed by atoms with Crippen molar-refractivity contribution in [2.24, 2.45) is 4.99 Å². The van der Waals surface area contributed by atoms with Gasteiger partial charge in [0.1, 0.15) is 0 Å². The molecule has 0 N–H and O–H groups in total. The fraction of sp³-hybridized carbons (Fsp3) is 0.111. The second kappa shape index (κ2) is 5.33. The molecular weight excluding hydrogens is 262 g/mol. The topological polar surface area (TPSA) is 55.2 Å². The highest BCUT2D eigenvalue weighted by molar-refractivity contribution is 8.01. The first-order valence-corrected chi connectivity index (χ1v) is 7.67. The molecule has 0 saturated heterocycles. The number of thioether (sulfide) groups is 1. The molecule has 0 atom stereocenters. The van der Waals surface area contributed by atoms with Gasteiger partial charge in [0, 0.05) is 12.4 Å². The maximum absolute atomic E-state index is 11.7. The molecule has 2 rings (SSSR count). The van der Waals surface area contributed by atoms with Crippen LogP contribution in [0.2, 0.25) is 0 Å². The molecule has 0 bridgehead atoms. The van der Waals surface area contributed by atoms with Crippen molar-refractivity contribution in [3.05, 3.63) is 34.9 Å². The summed E-state index contributed by atoms with van der Waals surface area (Å²) in [4.78, 5) is 24.2. The number of hydrogen-bond acceptors (Lipinski definition) is 6. The summed E-state index contributed by atoms with van der Waals surface area (Å²) in [7, 11) is 2.92. The summed E-state index contributed by atoms with van der Waals surface area (Å²) >= 11 is 1.55. The molecule has 0 fully saturated rings. The van der Waals surface area contributed by atoms with Crippen molar-refractivity contribution in [3.8, 4) is 0 Å². The molecule has 0 unspecified atom stereocenters. The maximum Gasteiger partial charge on any atom is 0.281 e. The molecule has 82 valence electrons. The summed E-state index contributed by atoms with van der Waals surface area (Å²) in [5.41, 5.74) is 0.480. The van der Waals surface area contributed by atoms with Gasteiger partial charge in [-0.3, -0.25) is 9.78 Å². The van der Waals surface area contributed by atoms with Crippen LogP contribution in [0.25, 0.3) is 0 Å². The minimum absolute atomic E-state index is 0.303. The first kappa shape index (κ1) is 11.4. The van der Waals surface area contributed by atoms with Crippen LogP contribution in [0.1, 0.15) is 10.4 Å². The van der Waals surface area contributed by atoms with Gasteiger partial charge in [-0.1, -0.05) is 11.8 Å². The predicted molar refractivity (Wildman–Crippen MR) is 65.9 cm³/mol. The van der Waals surface area contributed by atoms with E-state index >= 15 is 0 Å². The number of rotatable bonds is 2. The molecular formula is C9H7N3OS3. The van der Waals surface area contributed by atoms with Gasteiger partial charge in [0.25, 0.3) is 5.91 Å². The van der Waals surface area contributed by atoms with Gasteiger partial charge in [-0.05, 0) is 39.1 Å². The number of aromatic nitrogens is 2. The van der Waals surface area contributed by atoms with Crippen LogP contribution in [0.4, 0.5) is 0 Å². The summed E-state index contributed by atoms with van der Waals surface area (Å²) < 4.78 is 0.919. The van der Waals surface area contributed by atoms with E-state index < -0.39 is 0 Å². The molecule has 0 spiro atoms. The van der Waals surface area contributed by atoms with Crippen LogP contribution in [0, 0.1) is 0 Å². The van der Waals surface area contributed by atoms with E-state index in [0.29, 0.717) is 10.4 Å². The normalized spacial score (nSPS) is 11.7. The van der Waals surface area contributed by atoms with Crippen molar-refractivity contribution in [1.82, 2.24) is 9.97 Å². The Labute approximate surface area is 104 Å².